The van der Waals surface area contributed by atoms with Crippen LogP contribution in [0.25, 0.3) is 0 Å². The maximum Gasteiger partial charge on any atom is 0.322 e. The molecule has 1 unspecified atom stereocenters. The van der Waals surface area contributed by atoms with Gasteiger partial charge in [0.15, 0.2) is 0 Å². The molecule has 0 bridgehead atoms. The minimum Gasteiger partial charge on any atom is -0.342 e. The van der Waals surface area contributed by atoms with Crippen LogP contribution >= 0.6 is 11.8 Å². The quantitative estimate of drug-likeness (QED) is 0.400. The molecule has 0 radical (unpaired) electrons. The number of thioether (sulfide) groups is 1. The van der Waals surface area contributed by atoms with E-state index in [1.54, 1.807) is 11.8 Å². The smallest absolute Gasteiger partial charge is 0.322 e. The maximum absolute atomic E-state index is 14.0. The average molecular weight is 634 g/mol. The Kier molecular flexibility index (Phi) is 9.48. The van der Waals surface area contributed by atoms with Gasteiger partial charge in [-0.3, -0.25) is 14.5 Å². The van der Waals surface area contributed by atoms with Crippen molar-refractivity contribution in [3.63, 3.8) is 0 Å². The molecule has 2 aromatic rings. The molecule has 0 aliphatic carbocycles. The van der Waals surface area contributed by atoms with Gasteiger partial charge in [0.1, 0.15) is 0 Å². The first kappa shape index (κ1) is 31.9. The second-order valence-corrected chi connectivity index (χ2v) is 16.0. The van der Waals surface area contributed by atoms with Crippen LogP contribution in [0.5, 0.6) is 0 Å². The van der Waals surface area contributed by atoms with Crippen LogP contribution in [0, 0.1) is 5.41 Å². The topological polar surface area (TPSA) is 76.2 Å². The number of carbonyl (C=O) groups is 3. The fraction of sp³-hybridized carbons (Fsp3) is 0.583. The molecule has 4 heterocycles. The fourth-order valence-corrected chi connectivity index (χ4v) is 9.10. The summed E-state index contributed by atoms with van der Waals surface area (Å²) in [4.78, 5) is 49.0. The average Bonchev–Trinajstić information content (AvgIpc) is 3.15. The van der Waals surface area contributed by atoms with Crippen molar-refractivity contribution >= 4 is 35.3 Å². The van der Waals surface area contributed by atoms with E-state index in [9.17, 15) is 14.4 Å². The number of nitrogens with zero attached hydrogens (tertiary/aromatic N) is 4. The monoisotopic (exact) mass is 633 g/mol. The summed E-state index contributed by atoms with van der Waals surface area (Å²) in [5, 5.41) is 2.75. The third-order valence-electron chi connectivity index (χ3n) is 10.1. The van der Waals surface area contributed by atoms with Crippen molar-refractivity contribution in [3.05, 3.63) is 65.7 Å². The molecule has 4 aliphatic heterocycles. The summed E-state index contributed by atoms with van der Waals surface area (Å²) in [5.41, 5.74) is 3.51. The predicted molar refractivity (Wildman–Crippen MR) is 183 cm³/mol. The van der Waals surface area contributed by atoms with E-state index in [0.29, 0.717) is 19.6 Å². The molecule has 4 aliphatic rings. The number of piperidine rings is 2. The van der Waals surface area contributed by atoms with Gasteiger partial charge in [-0.15, -0.1) is 11.8 Å². The number of hydrogen-bond donors (Lipinski definition) is 1. The largest absolute Gasteiger partial charge is 0.342 e. The zero-order valence-corrected chi connectivity index (χ0v) is 28.0. The van der Waals surface area contributed by atoms with Gasteiger partial charge in [0, 0.05) is 65.4 Å². The number of hydrogen-bond acceptors (Lipinski definition) is 5. The van der Waals surface area contributed by atoms with Crippen LogP contribution < -0.4 is 5.32 Å². The number of urea groups is 1. The highest BCUT2D eigenvalue weighted by atomic mass is 32.2. The van der Waals surface area contributed by atoms with E-state index in [1.165, 1.54) is 5.56 Å². The summed E-state index contributed by atoms with van der Waals surface area (Å²) in [5.74, 6) is 0.214. The molecule has 0 saturated carbocycles. The second kappa shape index (κ2) is 13.4. The summed E-state index contributed by atoms with van der Waals surface area (Å²) in [6, 6.07) is 18.7. The predicted octanol–water partition coefficient (Wildman–Crippen LogP) is 6.08. The molecule has 1 atom stereocenters. The highest BCUT2D eigenvalue weighted by molar-refractivity contribution is 8.02. The van der Waals surface area contributed by atoms with Crippen molar-refractivity contribution in [1.29, 1.82) is 0 Å². The number of fused-ring (bicyclic) bond motifs is 1. The standard InChI is InChI=1S/C36H49N5O3S.H2/c1-35(2,3)16-24-41-33(43)31(45-36(41)17-22-38(23-18-36)26-27-9-5-4-6-10-27)25-32(42)39-19-14-29(15-20-39)40-21-13-28-11-7-8-12-30(28)37-34(40)44;/h4-12,29,31H,13-26H2,1-3H3,(H,37,44);1H. The molecule has 8 nitrogen and oxygen atoms in total. The summed E-state index contributed by atoms with van der Waals surface area (Å²) in [7, 11) is 0. The van der Waals surface area contributed by atoms with Gasteiger partial charge in [-0.25, -0.2) is 4.79 Å². The number of nitrogens with one attached hydrogen (secondary N) is 1. The third kappa shape index (κ3) is 7.35. The van der Waals surface area contributed by atoms with Crippen LogP contribution in [0.15, 0.2) is 54.6 Å². The zero-order valence-electron chi connectivity index (χ0n) is 27.2. The summed E-state index contributed by atoms with van der Waals surface area (Å²) >= 11 is 1.76. The zero-order chi connectivity index (χ0) is 31.6. The summed E-state index contributed by atoms with van der Waals surface area (Å²) in [6.45, 7) is 12.2. The molecular formula is C36H51N5O3S. The molecule has 2 aromatic carbocycles. The lowest BCUT2D eigenvalue weighted by molar-refractivity contribution is -0.138. The molecule has 0 aromatic heterocycles. The number of anilines is 1. The molecule has 45 heavy (non-hydrogen) atoms. The Hall–Kier alpha value is -3.04. The van der Waals surface area contributed by atoms with Crippen molar-refractivity contribution in [2.45, 2.75) is 88.4 Å². The van der Waals surface area contributed by atoms with Crippen molar-refractivity contribution in [3.8, 4) is 0 Å². The number of likely N-dealkylation sites (tertiary alicyclic amines) is 2. The Bertz CT molecular complexity index is 1370. The van der Waals surface area contributed by atoms with Crippen LogP contribution in [0.4, 0.5) is 10.5 Å². The van der Waals surface area contributed by atoms with Crippen LogP contribution in [0.1, 0.15) is 71.8 Å². The van der Waals surface area contributed by atoms with Crippen molar-refractivity contribution in [2.75, 3.05) is 44.6 Å². The SMILES string of the molecule is CC(C)(C)CCN1C(=O)C(CC(=O)N2CCC(N3CCc4ccccc4NC3=O)CC2)SC12CCN(Cc1ccccc1)CC2.[HH]. The Labute approximate surface area is 274 Å². The van der Waals surface area contributed by atoms with Gasteiger partial charge in [-0.1, -0.05) is 69.3 Å². The van der Waals surface area contributed by atoms with E-state index in [4.69, 9.17) is 0 Å². The number of para-hydroxylation sites is 1. The van der Waals surface area contributed by atoms with Gasteiger partial charge in [0.25, 0.3) is 0 Å². The van der Waals surface area contributed by atoms with E-state index in [0.717, 1.165) is 76.0 Å². The van der Waals surface area contributed by atoms with E-state index in [-0.39, 0.29) is 47.3 Å². The molecule has 244 valence electrons. The highest BCUT2D eigenvalue weighted by Crippen LogP contribution is 2.49. The fourth-order valence-electron chi connectivity index (χ4n) is 7.39. The second-order valence-electron chi connectivity index (χ2n) is 14.5. The molecular weight excluding hydrogens is 582 g/mol. The van der Waals surface area contributed by atoms with Crippen LogP contribution in [0.2, 0.25) is 0 Å². The lowest BCUT2D eigenvalue weighted by Crippen LogP contribution is -2.52. The number of benzene rings is 2. The van der Waals surface area contributed by atoms with E-state index < -0.39 is 0 Å². The van der Waals surface area contributed by atoms with Gasteiger partial charge < -0.3 is 20.0 Å². The van der Waals surface area contributed by atoms with E-state index >= 15 is 0 Å². The minimum absolute atomic E-state index is 0. The van der Waals surface area contributed by atoms with Gasteiger partial charge in [-0.2, -0.15) is 0 Å². The first-order valence-electron chi connectivity index (χ1n) is 16.8. The molecule has 3 saturated heterocycles. The van der Waals surface area contributed by atoms with Gasteiger partial charge in [-0.05, 0) is 61.1 Å². The Balaban J connectivity index is 0.00000417. The lowest BCUT2D eigenvalue weighted by atomic mass is 9.91. The molecule has 9 heteroatoms. The third-order valence-corrected chi connectivity index (χ3v) is 11.8. The van der Waals surface area contributed by atoms with E-state index in [1.807, 2.05) is 28.0 Å². The maximum atomic E-state index is 14.0. The number of amides is 4. The molecule has 1 spiro atoms. The van der Waals surface area contributed by atoms with Gasteiger partial charge >= 0.3 is 6.03 Å². The van der Waals surface area contributed by atoms with Crippen LogP contribution in [0.3, 0.4) is 0 Å². The van der Waals surface area contributed by atoms with Gasteiger partial charge in [0.2, 0.25) is 11.8 Å². The van der Waals surface area contributed by atoms with Crippen molar-refractivity contribution in [1.82, 2.24) is 19.6 Å². The van der Waals surface area contributed by atoms with Crippen molar-refractivity contribution < 1.29 is 15.8 Å². The highest BCUT2D eigenvalue weighted by Gasteiger charge is 2.53. The van der Waals surface area contributed by atoms with E-state index in [2.05, 4.69) is 72.3 Å². The number of rotatable bonds is 7. The first-order valence-corrected chi connectivity index (χ1v) is 17.7. The Morgan fingerprint density at radius 1 is 0.956 bits per heavy atom. The normalized spacial score (nSPS) is 22.8. The molecule has 1 N–H and O–H groups in total. The molecule has 3 fully saturated rings. The molecule has 6 rings (SSSR count). The van der Waals surface area contributed by atoms with Crippen molar-refractivity contribution in [2.24, 2.45) is 5.41 Å². The summed E-state index contributed by atoms with van der Waals surface area (Å²) < 4.78 is 0. The molecule has 4 amide bonds. The Morgan fingerprint density at radius 3 is 2.36 bits per heavy atom. The Morgan fingerprint density at radius 2 is 1.64 bits per heavy atom. The minimum atomic E-state index is -0.328. The van der Waals surface area contributed by atoms with Crippen LogP contribution in [-0.2, 0) is 22.6 Å². The van der Waals surface area contributed by atoms with Gasteiger partial charge in [0.05, 0.1) is 10.1 Å². The van der Waals surface area contributed by atoms with Crippen LogP contribution in [-0.4, -0.2) is 92.9 Å². The lowest BCUT2D eigenvalue weighted by Gasteiger charge is -2.44. The first-order chi connectivity index (χ1) is 21.6. The summed E-state index contributed by atoms with van der Waals surface area (Å²) in [6.07, 6.45) is 5.41. The number of carbonyl (C=O) groups excluding carboxylic acids is 3.